The molecule has 2 heterocycles. The molecule has 0 aliphatic rings. The van der Waals surface area contributed by atoms with Crippen LogP contribution in [0.3, 0.4) is 0 Å². The van der Waals surface area contributed by atoms with Gasteiger partial charge in [0.15, 0.2) is 0 Å². The Kier molecular flexibility index (Phi) is 4.57. The van der Waals surface area contributed by atoms with Gasteiger partial charge < -0.3 is 21.1 Å². The quantitative estimate of drug-likeness (QED) is 0.421. The average molecular weight is 341 g/mol. The van der Waals surface area contributed by atoms with Crippen LogP contribution in [0, 0.1) is 0 Å². The number of H-pyrrole nitrogens is 1. The van der Waals surface area contributed by atoms with E-state index in [2.05, 4.69) is 20.3 Å². The first-order valence-electron chi connectivity index (χ1n) is 7.11. The van der Waals surface area contributed by atoms with E-state index in [1.54, 1.807) is 17.5 Å². The number of carbonyl (C=O) groups is 1. The molecule has 0 unspecified atom stereocenters. The number of imidazole rings is 1. The summed E-state index contributed by atoms with van der Waals surface area (Å²) in [6.45, 7) is 0.134. The molecular weight excluding hydrogens is 326 g/mol. The number of nitrogens with zero attached hydrogens (tertiary/aromatic N) is 2. The van der Waals surface area contributed by atoms with Crippen molar-refractivity contribution in [3.63, 3.8) is 0 Å². The molecule has 0 saturated carbocycles. The van der Waals surface area contributed by atoms with E-state index < -0.39 is 6.09 Å². The number of aromatic nitrogens is 2. The normalized spacial score (nSPS) is 11.4. The van der Waals surface area contributed by atoms with E-state index in [0.29, 0.717) is 11.7 Å². The van der Waals surface area contributed by atoms with Crippen LogP contribution in [-0.4, -0.2) is 27.0 Å². The molecule has 1 amide bonds. The second-order valence-corrected chi connectivity index (χ2v) is 5.87. The monoisotopic (exact) mass is 341 g/mol. The van der Waals surface area contributed by atoms with Crippen molar-refractivity contribution in [2.45, 2.75) is 6.54 Å². The van der Waals surface area contributed by atoms with Gasteiger partial charge >= 0.3 is 6.09 Å². The van der Waals surface area contributed by atoms with Crippen molar-refractivity contribution >= 4 is 29.0 Å². The molecule has 7 nitrogen and oxygen atoms in total. The summed E-state index contributed by atoms with van der Waals surface area (Å²) in [5.41, 5.74) is 8.47. The molecule has 8 heteroatoms. The van der Waals surface area contributed by atoms with Gasteiger partial charge in [-0.05, 0) is 29.1 Å². The summed E-state index contributed by atoms with van der Waals surface area (Å²) in [5.74, 6) is 1.04. The molecule has 122 valence electrons. The summed E-state index contributed by atoms with van der Waals surface area (Å²) in [7, 11) is 0. The van der Waals surface area contributed by atoms with Gasteiger partial charge in [0, 0.05) is 0 Å². The minimum Gasteiger partial charge on any atom is -0.465 e. The third-order valence-electron chi connectivity index (χ3n) is 3.24. The Morgan fingerprint density at radius 3 is 2.79 bits per heavy atom. The molecule has 0 radical (unpaired) electrons. The first-order chi connectivity index (χ1) is 11.6. The minimum absolute atomic E-state index is 0.134. The molecule has 5 N–H and O–H groups in total. The van der Waals surface area contributed by atoms with Gasteiger partial charge in [-0.2, -0.15) is 0 Å². The fraction of sp³-hybridized carbons (Fsp3) is 0.0625. The number of thiophene rings is 1. The van der Waals surface area contributed by atoms with Crippen LogP contribution >= 0.6 is 11.3 Å². The SMILES string of the molecule is NC(=Nc1ccc(-c2cnc(CNC(=O)O)[nH]2)cc1)c1cccs1. The molecule has 0 saturated heterocycles. The number of aliphatic imine (C=N–C) groups is 1. The second kappa shape index (κ2) is 6.97. The number of nitrogens with one attached hydrogen (secondary N) is 2. The lowest BCUT2D eigenvalue weighted by molar-refractivity contribution is 0.193. The highest BCUT2D eigenvalue weighted by Gasteiger charge is 2.05. The summed E-state index contributed by atoms with van der Waals surface area (Å²) in [6, 6.07) is 11.4. The van der Waals surface area contributed by atoms with E-state index in [0.717, 1.165) is 21.8 Å². The van der Waals surface area contributed by atoms with Crippen LogP contribution in [-0.2, 0) is 6.54 Å². The van der Waals surface area contributed by atoms with Gasteiger partial charge in [0.25, 0.3) is 0 Å². The van der Waals surface area contributed by atoms with E-state index >= 15 is 0 Å². The zero-order chi connectivity index (χ0) is 16.9. The topological polar surface area (TPSA) is 116 Å². The fourth-order valence-corrected chi connectivity index (χ4v) is 2.72. The number of carboxylic acid groups (broad SMARTS) is 1. The number of nitrogens with two attached hydrogens (primary N) is 1. The molecule has 2 aromatic heterocycles. The largest absolute Gasteiger partial charge is 0.465 e. The van der Waals surface area contributed by atoms with Crippen molar-refractivity contribution < 1.29 is 9.90 Å². The number of amidine groups is 1. The highest BCUT2D eigenvalue weighted by Crippen LogP contribution is 2.22. The van der Waals surface area contributed by atoms with Crippen LogP contribution in [0.15, 0.2) is 53.0 Å². The summed E-state index contributed by atoms with van der Waals surface area (Å²) in [6.07, 6.45) is 0.579. The van der Waals surface area contributed by atoms with Crippen LogP contribution in [0.5, 0.6) is 0 Å². The average Bonchev–Trinajstić information content (AvgIpc) is 3.25. The first-order valence-corrected chi connectivity index (χ1v) is 7.99. The number of hydrogen-bond acceptors (Lipinski definition) is 4. The lowest BCUT2D eigenvalue weighted by Gasteiger charge is -2.01. The van der Waals surface area contributed by atoms with Crippen molar-refractivity contribution in [2.24, 2.45) is 10.7 Å². The number of rotatable bonds is 5. The maximum atomic E-state index is 10.5. The molecule has 1 aromatic carbocycles. The van der Waals surface area contributed by atoms with Gasteiger partial charge in [0.1, 0.15) is 11.7 Å². The van der Waals surface area contributed by atoms with Crippen molar-refractivity contribution in [2.75, 3.05) is 0 Å². The summed E-state index contributed by atoms with van der Waals surface area (Å²) in [5, 5.41) is 12.8. The zero-order valence-corrected chi connectivity index (χ0v) is 13.4. The molecule has 3 aromatic rings. The summed E-state index contributed by atoms with van der Waals surface area (Å²) in [4.78, 5) is 23.0. The van der Waals surface area contributed by atoms with Crippen molar-refractivity contribution in [1.29, 1.82) is 0 Å². The van der Waals surface area contributed by atoms with Crippen molar-refractivity contribution in [3.8, 4) is 11.3 Å². The molecule has 0 spiro atoms. The highest BCUT2D eigenvalue weighted by atomic mass is 32.1. The van der Waals surface area contributed by atoms with E-state index in [1.807, 2.05) is 41.8 Å². The zero-order valence-electron chi connectivity index (χ0n) is 12.6. The van der Waals surface area contributed by atoms with Gasteiger partial charge in [-0.25, -0.2) is 14.8 Å². The molecule has 0 aliphatic carbocycles. The standard InChI is InChI=1S/C16H15N5O2S/c17-15(13-2-1-7-24-13)20-11-5-3-10(4-6-11)12-8-18-14(21-12)9-19-16(22)23/h1-8,19H,9H2,(H2,17,20)(H,18,21)(H,22,23). The van der Waals surface area contributed by atoms with E-state index in [9.17, 15) is 4.79 Å². The third kappa shape index (κ3) is 3.79. The summed E-state index contributed by atoms with van der Waals surface area (Å²) >= 11 is 1.54. The van der Waals surface area contributed by atoms with Crippen LogP contribution in [0.1, 0.15) is 10.7 Å². The van der Waals surface area contributed by atoms with Crippen LogP contribution in [0.25, 0.3) is 11.3 Å². The van der Waals surface area contributed by atoms with E-state index in [-0.39, 0.29) is 6.54 Å². The lowest BCUT2D eigenvalue weighted by atomic mass is 10.1. The Balaban J connectivity index is 1.73. The molecule has 0 atom stereocenters. The summed E-state index contributed by atoms with van der Waals surface area (Å²) < 4.78 is 0. The Morgan fingerprint density at radius 2 is 2.12 bits per heavy atom. The van der Waals surface area contributed by atoms with E-state index in [1.165, 1.54) is 0 Å². The molecule has 0 aliphatic heterocycles. The predicted molar refractivity (Wildman–Crippen MR) is 93.6 cm³/mol. The Labute approximate surface area is 141 Å². The maximum absolute atomic E-state index is 10.5. The Bertz CT molecular complexity index is 853. The predicted octanol–water partition coefficient (Wildman–Crippen LogP) is 2.94. The second-order valence-electron chi connectivity index (χ2n) is 4.92. The van der Waals surface area contributed by atoms with Gasteiger partial charge in [-0.3, -0.25) is 0 Å². The molecule has 24 heavy (non-hydrogen) atoms. The minimum atomic E-state index is -1.08. The number of amides is 1. The Morgan fingerprint density at radius 1 is 1.33 bits per heavy atom. The number of aromatic amines is 1. The molecule has 3 rings (SSSR count). The maximum Gasteiger partial charge on any atom is 0.405 e. The Hall–Kier alpha value is -3.13. The highest BCUT2D eigenvalue weighted by molar-refractivity contribution is 7.12. The number of benzene rings is 1. The van der Waals surface area contributed by atoms with Crippen LogP contribution in [0.4, 0.5) is 10.5 Å². The van der Waals surface area contributed by atoms with Crippen molar-refractivity contribution in [3.05, 3.63) is 58.7 Å². The lowest BCUT2D eigenvalue weighted by Crippen LogP contribution is -2.20. The van der Waals surface area contributed by atoms with Gasteiger partial charge in [-0.1, -0.05) is 18.2 Å². The third-order valence-corrected chi connectivity index (χ3v) is 4.13. The van der Waals surface area contributed by atoms with Crippen LogP contribution < -0.4 is 11.1 Å². The first kappa shape index (κ1) is 15.8. The smallest absolute Gasteiger partial charge is 0.405 e. The molecule has 0 bridgehead atoms. The van der Waals surface area contributed by atoms with E-state index in [4.69, 9.17) is 10.8 Å². The van der Waals surface area contributed by atoms with Crippen LogP contribution in [0.2, 0.25) is 0 Å². The van der Waals surface area contributed by atoms with Crippen molar-refractivity contribution in [1.82, 2.24) is 15.3 Å². The number of hydrogen-bond donors (Lipinski definition) is 4. The fourth-order valence-electron chi connectivity index (χ4n) is 2.09. The van der Waals surface area contributed by atoms with Gasteiger partial charge in [0.05, 0.1) is 29.0 Å². The molecule has 0 fully saturated rings. The van der Waals surface area contributed by atoms with Gasteiger partial charge in [-0.15, -0.1) is 11.3 Å². The molecular formula is C16H15N5O2S. The van der Waals surface area contributed by atoms with Gasteiger partial charge in [0.2, 0.25) is 0 Å².